The Morgan fingerprint density at radius 2 is 1.91 bits per heavy atom. The van der Waals surface area contributed by atoms with Crippen molar-refractivity contribution in [1.82, 2.24) is 9.55 Å². The van der Waals surface area contributed by atoms with Crippen LogP contribution in [0.4, 0.5) is 5.69 Å². The number of aryl methyl sites for hydroxylation is 1. The third-order valence-corrected chi connectivity index (χ3v) is 5.33. The van der Waals surface area contributed by atoms with Crippen molar-refractivity contribution in [2.24, 2.45) is 0 Å². The van der Waals surface area contributed by atoms with Gasteiger partial charge in [0.1, 0.15) is 17.4 Å². The van der Waals surface area contributed by atoms with E-state index in [0.717, 1.165) is 33.5 Å². The SMILES string of the molecule is COc1ccc(NC(=O)/C(C#N)=C\c2cc(C)n(-c3ccc4ncccc4c3)c2C)cc1. The molecular weight excluding hydrogens is 400 g/mol. The fourth-order valence-corrected chi connectivity index (χ4v) is 3.71. The first-order chi connectivity index (χ1) is 15.5. The second-order valence-corrected chi connectivity index (χ2v) is 7.39. The average Bonchev–Trinajstić information content (AvgIpc) is 3.10. The van der Waals surface area contributed by atoms with Gasteiger partial charge in [-0.05, 0) is 80.1 Å². The van der Waals surface area contributed by atoms with Gasteiger partial charge in [0, 0.05) is 34.3 Å². The smallest absolute Gasteiger partial charge is 0.266 e. The molecule has 1 amide bonds. The lowest BCUT2D eigenvalue weighted by molar-refractivity contribution is -0.112. The Morgan fingerprint density at radius 3 is 2.62 bits per heavy atom. The van der Waals surface area contributed by atoms with Crippen molar-refractivity contribution in [2.75, 3.05) is 12.4 Å². The van der Waals surface area contributed by atoms with Crippen molar-refractivity contribution in [3.8, 4) is 17.5 Å². The molecule has 0 fully saturated rings. The molecule has 158 valence electrons. The zero-order chi connectivity index (χ0) is 22.7. The van der Waals surface area contributed by atoms with Crippen LogP contribution in [0.15, 0.2) is 72.4 Å². The summed E-state index contributed by atoms with van der Waals surface area (Å²) in [5.74, 6) is 0.232. The maximum absolute atomic E-state index is 12.7. The van der Waals surface area contributed by atoms with Crippen LogP contribution in [-0.2, 0) is 4.79 Å². The molecule has 6 nitrogen and oxygen atoms in total. The Bertz CT molecular complexity index is 1380. The number of anilines is 1. The molecule has 2 aromatic heterocycles. The third-order valence-electron chi connectivity index (χ3n) is 5.33. The fourth-order valence-electron chi connectivity index (χ4n) is 3.71. The quantitative estimate of drug-likeness (QED) is 0.354. The van der Waals surface area contributed by atoms with E-state index in [1.54, 1.807) is 43.6 Å². The van der Waals surface area contributed by atoms with Gasteiger partial charge in [-0.1, -0.05) is 6.07 Å². The molecule has 32 heavy (non-hydrogen) atoms. The van der Waals surface area contributed by atoms with E-state index in [9.17, 15) is 10.1 Å². The standard InChI is InChI=1S/C26H22N4O2/c1-17-13-20(14-21(16-27)26(31)29-22-6-9-24(32-3)10-7-22)18(2)30(17)23-8-11-25-19(15-23)5-4-12-28-25/h4-15H,1-3H3,(H,29,31)/b21-14-. The highest BCUT2D eigenvalue weighted by molar-refractivity contribution is 6.09. The number of nitrogens with zero attached hydrogens (tertiary/aromatic N) is 3. The van der Waals surface area contributed by atoms with Crippen LogP contribution in [0.1, 0.15) is 17.0 Å². The lowest BCUT2D eigenvalue weighted by Crippen LogP contribution is -2.13. The van der Waals surface area contributed by atoms with Crippen LogP contribution in [0.25, 0.3) is 22.7 Å². The maximum Gasteiger partial charge on any atom is 0.266 e. The molecule has 4 aromatic rings. The largest absolute Gasteiger partial charge is 0.497 e. The molecular formula is C26H22N4O2. The normalized spacial score (nSPS) is 11.2. The summed E-state index contributed by atoms with van der Waals surface area (Å²) in [7, 11) is 1.58. The number of pyridine rings is 1. The molecule has 1 N–H and O–H groups in total. The van der Waals surface area contributed by atoms with Crippen LogP contribution < -0.4 is 10.1 Å². The van der Waals surface area contributed by atoms with Crippen molar-refractivity contribution in [1.29, 1.82) is 5.26 Å². The predicted octanol–water partition coefficient (Wildman–Crippen LogP) is 5.20. The zero-order valence-corrected chi connectivity index (χ0v) is 18.1. The average molecular weight is 422 g/mol. The summed E-state index contributed by atoms with van der Waals surface area (Å²) >= 11 is 0. The minimum atomic E-state index is -0.459. The fraction of sp³-hybridized carbons (Fsp3) is 0.115. The maximum atomic E-state index is 12.7. The highest BCUT2D eigenvalue weighted by Crippen LogP contribution is 2.25. The molecule has 0 radical (unpaired) electrons. The Hall–Kier alpha value is -4.37. The van der Waals surface area contributed by atoms with E-state index in [-0.39, 0.29) is 5.57 Å². The lowest BCUT2D eigenvalue weighted by Gasteiger charge is -2.11. The van der Waals surface area contributed by atoms with Crippen LogP contribution in [0, 0.1) is 25.2 Å². The topological polar surface area (TPSA) is 79.9 Å². The van der Waals surface area contributed by atoms with Gasteiger partial charge in [-0.25, -0.2) is 0 Å². The highest BCUT2D eigenvalue weighted by atomic mass is 16.5. The highest BCUT2D eigenvalue weighted by Gasteiger charge is 2.14. The van der Waals surface area contributed by atoms with Crippen molar-refractivity contribution >= 4 is 28.6 Å². The van der Waals surface area contributed by atoms with Gasteiger partial charge in [0.15, 0.2) is 0 Å². The number of carbonyl (C=O) groups is 1. The van der Waals surface area contributed by atoms with Crippen LogP contribution in [0.2, 0.25) is 0 Å². The number of ether oxygens (including phenoxy) is 1. The summed E-state index contributed by atoms with van der Waals surface area (Å²) in [6.07, 6.45) is 3.40. The summed E-state index contributed by atoms with van der Waals surface area (Å²) in [5.41, 5.74) is 5.31. The van der Waals surface area contributed by atoms with Crippen LogP contribution in [0.5, 0.6) is 5.75 Å². The molecule has 0 saturated heterocycles. The van der Waals surface area contributed by atoms with Crippen molar-refractivity contribution in [2.45, 2.75) is 13.8 Å². The predicted molar refractivity (Wildman–Crippen MR) is 126 cm³/mol. The number of hydrogen-bond acceptors (Lipinski definition) is 4. The van der Waals surface area contributed by atoms with Crippen molar-refractivity contribution < 1.29 is 9.53 Å². The first kappa shape index (κ1) is 20.9. The second-order valence-electron chi connectivity index (χ2n) is 7.39. The number of rotatable bonds is 5. The van der Waals surface area contributed by atoms with Gasteiger partial charge >= 0.3 is 0 Å². The minimum Gasteiger partial charge on any atom is -0.497 e. The van der Waals surface area contributed by atoms with E-state index < -0.39 is 5.91 Å². The Balaban J connectivity index is 1.65. The molecule has 0 spiro atoms. The molecule has 0 aliphatic heterocycles. The number of nitriles is 1. The molecule has 0 atom stereocenters. The molecule has 0 unspecified atom stereocenters. The van der Waals surface area contributed by atoms with Crippen LogP contribution >= 0.6 is 0 Å². The summed E-state index contributed by atoms with van der Waals surface area (Å²) < 4.78 is 7.23. The molecule has 0 bridgehead atoms. The van der Waals surface area contributed by atoms with Crippen molar-refractivity contribution in [3.63, 3.8) is 0 Å². The zero-order valence-electron chi connectivity index (χ0n) is 18.1. The number of aromatic nitrogens is 2. The summed E-state index contributed by atoms with van der Waals surface area (Å²) in [4.78, 5) is 17.0. The summed E-state index contributed by atoms with van der Waals surface area (Å²) in [5, 5.41) is 13.4. The molecule has 2 heterocycles. The number of carbonyl (C=O) groups excluding carboxylic acids is 1. The second kappa shape index (κ2) is 8.78. The first-order valence-corrected chi connectivity index (χ1v) is 10.1. The molecule has 2 aromatic carbocycles. The third kappa shape index (κ3) is 4.09. The number of fused-ring (bicyclic) bond motifs is 1. The Kier molecular flexibility index (Phi) is 5.73. The molecule has 0 aliphatic carbocycles. The number of amides is 1. The van der Waals surface area contributed by atoms with E-state index in [2.05, 4.69) is 20.9 Å². The number of methoxy groups -OCH3 is 1. The van der Waals surface area contributed by atoms with Gasteiger partial charge in [-0.15, -0.1) is 0 Å². The lowest BCUT2D eigenvalue weighted by atomic mass is 10.1. The van der Waals surface area contributed by atoms with E-state index >= 15 is 0 Å². The van der Waals surface area contributed by atoms with Gasteiger partial charge in [-0.2, -0.15) is 5.26 Å². The Labute approximate surface area is 186 Å². The molecule has 6 heteroatoms. The van der Waals surface area contributed by atoms with Gasteiger partial charge in [-0.3, -0.25) is 9.78 Å². The minimum absolute atomic E-state index is 0.0313. The number of benzene rings is 2. The van der Waals surface area contributed by atoms with Crippen LogP contribution in [-0.4, -0.2) is 22.6 Å². The van der Waals surface area contributed by atoms with Crippen molar-refractivity contribution in [3.05, 3.63) is 89.4 Å². The van der Waals surface area contributed by atoms with Crippen LogP contribution in [0.3, 0.4) is 0 Å². The summed E-state index contributed by atoms with van der Waals surface area (Å²) in [6, 6.07) is 21.0. The van der Waals surface area contributed by atoms with Gasteiger partial charge in [0.05, 0.1) is 12.6 Å². The molecule has 0 aliphatic rings. The number of hydrogen-bond donors (Lipinski definition) is 1. The van der Waals surface area contributed by atoms with E-state index in [1.807, 2.05) is 50.2 Å². The summed E-state index contributed by atoms with van der Waals surface area (Å²) in [6.45, 7) is 3.98. The van der Waals surface area contributed by atoms with Gasteiger partial charge in [0.25, 0.3) is 5.91 Å². The number of nitrogens with one attached hydrogen (secondary N) is 1. The molecule has 4 rings (SSSR count). The van der Waals surface area contributed by atoms with E-state index in [1.165, 1.54) is 0 Å². The molecule has 0 saturated carbocycles. The van der Waals surface area contributed by atoms with Gasteiger partial charge < -0.3 is 14.6 Å². The monoisotopic (exact) mass is 422 g/mol. The van der Waals surface area contributed by atoms with E-state index in [4.69, 9.17) is 4.74 Å². The Morgan fingerprint density at radius 1 is 1.12 bits per heavy atom. The van der Waals surface area contributed by atoms with E-state index in [0.29, 0.717) is 11.4 Å². The van der Waals surface area contributed by atoms with Gasteiger partial charge in [0.2, 0.25) is 0 Å². The first-order valence-electron chi connectivity index (χ1n) is 10.1.